The van der Waals surface area contributed by atoms with Crippen LogP contribution in [0.3, 0.4) is 0 Å². The zero-order chi connectivity index (χ0) is 27.2. The zero-order valence-corrected chi connectivity index (χ0v) is 24.7. The van der Waals surface area contributed by atoms with E-state index in [4.69, 9.17) is 9.47 Å². The molecule has 2 fully saturated rings. The molecule has 3 aliphatic carbocycles. The number of fused-ring (bicyclic) bond motifs is 4. The third-order valence-corrected chi connectivity index (χ3v) is 11.7. The van der Waals surface area contributed by atoms with E-state index in [1.54, 1.807) is 5.57 Å². The van der Waals surface area contributed by atoms with Gasteiger partial charge in [-0.3, -0.25) is 4.79 Å². The van der Waals surface area contributed by atoms with E-state index in [-0.39, 0.29) is 21.7 Å². The molecular formula is C33H48O4. The topological polar surface area (TPSA) is 55.8 Å². The molecular weight excluding hydrogens is 460 g/mol. The van der Waals surface area contributed by atoms with Crippen LogP contribution in [-0.4, -0.2) is 16.9 Å². The number of ether oxygens (including phenoxy) is 2. The maximum atomic E-state index is 11.8. The molecule has 0 aromatic heterocycles. The van der Waals surface area contributed by atoms with Crippen LogP contribution in [0.25, 0.3) is 0 Å². The van der Waals surface area contributed by atoms with Crippen molar-refractivity contribution in [2.75, 3.05) is 0 Å². The van der Waals surface area contributed by atoms with Crippen LogP contribution in [0.15, 0.2) is 17.7 Å². The molecule has 0 amide bonds. The van der Waals surface area contributed by atoms with Crippen LogP contribution in [0.4, 0.5) is 0 Å². The van der Waals surface area contributed by atoms with Crippen molar-refractivity contribution in [2.45, 2.75) is 131 Å². The van der Waals surface area contributed by atoms with Crippen molar-refractivity contribution in [2.24, 2.45) is 21.7 Å². The van der Waals surface area contributed by atoms with Gasteiger partial charge in [0.05, 0.1) is 5.41 Å². The Bertz CT molecular complexity index is 1160. The molecule has 4 nitrogen and oxygen atoms in total. The summed E-state index contributed by atoms with van der Waals surface area (Å²) in [7, 11) is 0. The van der Waals surface area contributed by atoms with E-state index in [0.29, 0.717) is 0 Å². The normalized spacial score (nSPS) is 37.4. The Kier molecular flexibility index (Phi) is 5.77. The molecule has 4 aliphatic rings. The maximum absolute atomic E-state index is 11.8. The molecule has 5 rings (SSSR count). The maximum Gasteiger partial charge on any atom is 0.309 e. The highest BCUT2D eigenvalue weighted by molar-refractivity contribution is 5.74. The predicted octanol–water partition coefficient (Wildman–Crippen LogP) is 8.52. The Morgan fingerprint density at radius 1 is 0.892 bits per heavy atom. The number of carboxylic acid groups (broad SMARTS) is 1. The van der Waals surface area contributed by atoms with Crippen molar-refractivity contribution in [1.29, 1.82) is 0 Å². The SMILES string of the molecule is Cc1c2c(cc3c1OC(C)(C)O3)[C@]1(C)CCC(C)(C)[C@](C)(CCC3(C)CCC(C)(C(=O)O)CC3)C1=CC2. The largest absolute Gasteiger partial charge is 0.481 e. The van der Waals surface area contributed by atoms with E-state index in [9.17, 15) is 9.90 Å². The molecule has 4 heteroatoms. The Hall–Kier alpha value is -1.97. The Balaban J connectivity index is 1.46. The lowest BCUT2D eigenvalue weighted by Gasteiger charge is -2.59. The van der Waals surface area contributed by atoms with Gasteiger partial charge in [-0.2, -0.15) is 0 Å². The average molecular weight is 509 g/mol. The smallest absolute Gasteiger partial charge is 0.309 e. The highest BCUT2D eigenvalue weighted by Gasteiger charge is 2.56. The van der Waals surface area contributed by atoms with Crippen LogP contribution < -0.4 is 9.47 Å². The second kappa shape index (κ2) is 8.02. The van der Waals surface area contributed by atoms with Crippen LogP contribution in [0.5, 0.6) is 11.5 Å². The second-order valence-electron chi connectivity index (χ2n) is 15.0. The van der Waals surface area contributed by atoms with Crippen molar-refractivity contribution in [3.8, 4) is 11.5 Å². The van der Waals surface area contributed by atoms with Crippen LogP contribution in [0, 0.1) is 28.6 Å². The molecule has 2 atom stereocenters. The Labute approximate surface area is 224 Å². The number of hydrogen-bond acceptors (Lipinski definition) is 3. The minimum atomic E-state index is -0.628. The summed E-state index contributed by atoms with van der Waals surface area (Å²) in [6.45, 7) is 20.5. The van der Waals surface area contributed by atoms with E-state index < -0.39 is 17.2 Å². The van der Waals surface area contributed by atoms with Crippen LogP contribution in [0.1, 0.15) is 123 Å². The average Bonchev–Trinajstić information content (AvgIpc) is 3.13. The number of carboxylic acids is 1. The molecule has 1 aromatic rings. The van der Waals surface area contributed by atoms with Gasteiger partial charge in [0, 0.05) is 19.3 Å². The van der Waals surface area contributed by atoms with Gasteiger partial charge in [-0.25, -0.2) is 0 Å². The van der Waals surface area contributed by atoms with Crippen molar-refractivity contribution >= 4 is 5.97 Å². The van der Waals surface area contributed by atoms with Crippen molar-refractivity contribution < 1.29 is 19.4 Å². The van der Waals surface area contributed by atoms with Gasteiger partial charge in [0.25, 0.3) is 0 Å². The van der Waals surface area contributed by atoms with E-state index in [2.05, 4.69) is 53.7 Å². The monoisotopic (exact) mass is 508 g/mol. The molecule has 1 aromatic carbocycles. The summed E-state index contributed by atoms with van der Waals surface area (Å²) < 4.78 is 12.4. The van der Waals surface area contributed by atoms with Gasteiger partial charge in [0.15, 0.2) is 11.5 Å². The summed E-state index contributed by atoms with van der Waals surface area (Å²) in [6, 6.07) is 2.30. The number of rotatable bonds is 4. The number of carbonyl (C=O) groups is 1. The Morgan fingerprint density at radius 3 is 2.16 bits per heavy atom. The van der Waals surface area contributed by atoms with E-state index in [1.807, 2.05) is 20.8 Å². The first-order chi connectivity index (χ1) is 17.0. The molecule has 204 valence electrons. The summed E-state index contributed by atoms with van der Waals surface area (Å²) in [6.07, 6.45) is 11.7. The Morgan fingerprint density at radius 2 is 1.54 bits per heavy atom. The fourth-order valence-corrected chi connectivity index (χ4v) is 8.07. The summed E-state index contributed by atoms with van der Waals surface area (Å²) in [5, 5.41) is 9.73. The fraction of sp³-hybridized carbons (Fsp3) is 0.727. The standard InChI is InChI=1S/C33H48O4/c1-21-22-10-11-25-32(8,23(22)20-24-26(21)37-29(4,5)36-24)18-12-28(2,3)33(25,9)19-15-30(6)13-16-31(7,17-14-30)27(34)35/h11,20H,10,12-19H2,1-9H3,(H,34,35)/t30?,31?,32-,33+/m0/s1. The first kappa shape index (κ1) is 26.6. The van der Waals surface area contributed by atoms with Crippen molar-refractivity contribution in [1.82, 2.24) is 0 Å². The molecule has 0 unspecified atom stereocenters. The summed E-state index contributed by atoms with van der Waals surface area (Å²) >= 11 is 0. The molecule has 1 aliphatic heterocycles. The number of allylic oxidation sites excluding steroid dienone is 2. The van der Waals surface area contributed by atoms with E-state index in [0.717, 1.165) is 62.9 Å². The highest BCUT2D eigenvalue weighted by Crippen LogP contribution is 2.65. The summed E-state index contributed by atoms with van der Waals surface area (Å²) in [5.41, 5.74) is 5.62. The minimum absolute atomic E-state index is 0.0108. The second-order valence-corrected chi connectivity index (χ2v) is 15.0. The molecule has 1 N–H and O–H groups in total. The number of hydrogen-bond donors (Lipinski definition) is 1. The first-order valence-corrected chi connectivity index (χ1v) is 14.5. The van der Waals surface area contributed by atoms with Crippen LogP contribution in [0.2, 0.25) is 0 Å². The van der Waals surface area contributed by atoms with E-state index in [1.165, 1.54) is 23.1 Å². The summed E-state index contributed by atoms with van der Waals surface area (Å²) in [4.78, 5) is 11.8. The molecule has 1 heterocycles. The highest BCUT2D eigenvalue weighted by atomic mass is 16.7. The predicted molar refractivity (Wildman–Crippen MR) is 148 cm³/mol. The quantitative estimate of drug-likeness (QED) is 0.414. The van der Waals surface area contributed by atoms with Crippen molar-refractivity contribution in [3.05, 3.63) is 34.4 Å². The lowest BCUT2D eigenvalue weighted by Crippen LogP contribution is -2.51. The van der Waals surface area contributed by atoms with Gasteiger partial charge < -0.3 is 14.6 Å². The van der Waals surface area contributed by atoms with Gasteiger partial charge in [0.2, 0.25) is 5.79 Å². The zero-order valence-electron chi connectivity index (χ0n) is 24.7. The van der Waals surface area contributed by atoms with Crippen LogP contribution in [-0.2, 0) is 16.6 Å². The molecule has 0 saturated heterocycles. The van der Waals surface area contributed by atoms with E-state index >= 15 is 0 Å². The van der Waals surface area contributed by atoms with Gasteiger partial charge in [-0.1, -0.05) is 46.3 Å². The van der Waals surface area contributed by atoms with Crippen LogP contribution >= 0.6 is 0 Å². The number of benzene rings is 1. The van der Waals surface area contributed by atoms with Gasteiger partial charge in [-0.15, -0.1) is 0 Å². The van der Waals surface area contributed by atoms with Gasteiger partial charge >= 0.3 is 5.97 Å². The summed E-state index contributed by atoms with van der Waals surface area (Å²) in [5.74, 6) is 0.563. The van der Waals surface area contributed by atoms with Crippen molar-refractivity contribution in [3.63, 3.8) is 0 Å². The molecule has 0 bridgehead atoms. The fourth-order valence-electron chi connectivity index (χ4n) is 8.07. The lowest BCUT2D eigenvalue weighted by molar-refractivity contribution is -0.151. The molecule has 2 saturated carbocycles. The van der Waals surface area contributed by atoms with Gasteiger partial charge in [0.1, 0.15) is 0 Å². The number of aliphatic carboxylic acids is 1. The first-order valence-electron chi connectivity index (χ1n) is 14.5. The molecule has 0 radical (unpaired) electrons. The van der Waals surface area contributed by atoms with Gasteiger partial charge in [-0.05, 0) is 111 Å². The minimum Gasteiger partial charge on any atom is -0.481 e. The lowest BCUT2D eigenvalue weighted by atomic mass is 9.45. The molecule has 0 spiro atoms. The molecule has 37 heavy (non-hydrogen) atoms. The third-order valence-electron chi connectivity index (χ3n) is 11.7. The third kappa shape index (κ3) is 3.95.